The number of nitrogens with one attached hydrogen (secondary N) is 1. The van der Waals surface area contributed by atoms with E-state index in [1.165, 1.54) is 13.2 Å². The molecule has 0 atom stereocenters. The lowest BCUT2D eigenvalue weighted by molar-refractivity contribution is -0.137. The smallest absolute Gasteiger partial charge is 0.383 e. The van der Waals surface area contributed by atoms with Gasteiger partial charge in [-0.25, -0.2) is 0 Å². The highest BCUT2D eigenvalue weighted by atomic mass is 79.9. The fourth-order valence-corrected chi connectivity index (χ4v) is 1.51. The Labute approximate surface area is 99.9 Å². The van der Waals surface area contributed by atoms with E-state index in [4.69, 9.17) is 4.74 Å². The SMILES string of the molecule is COCCNc1cc(C(F)(F)F)ccc1Br. The van der Waals surface area contributed by atoms with Crippen LogP contribution < -0.4 is 5.32 Å². The van der Waals surface area contributed by atoms with Crippen LogP contribution in [0.25, 0.3) is 0 Å². The average Bonchev–Trinajstić information content (AvgIpc) is 2.19. The maximum absolute atomic E-state index is 12.4. The summed E-state index contributed by atoms with van der Waals surface area (Å²) in [7, 11) is 1.53. The first kappa shape index (κ1) is 13.3. The van der Waals surface area contributed by atoms with Gasteiger partial charge in [0.15, 0.2) is 0 Å². The third-order valence-corrected chi connectivity index (χ3v) is 2.61. The molecular formula is C10H11BrF3NO. The fourth-order valence-electron chi connectivity index (χ4n) is 1.12. The van der Waals surface area contributed by atoms with Crippen molar-refractivity contribution in [2.45, 2.75) is 6.18 Å². The predicted molar refractivity (Wildman–Crippen MR) is 59.5 cm³/mol. The number of anilines is 1. The zero-order valence-electron chi connectivity index (χ0n) is 8.57. The summed E-state index contributed by atoms with van der Waals surface area (Å²) in [6.45, 7) is 0.888. The lowest BCUT2D eigenvalue weighted by Gasteiger charge is -2.12. The molecule has 0 saturated heterocycles. The number of hydrogen-bond donors (Lipinski definition) is 1. The molecule has 90 valence electrons. The minimum Gasteiger partial charge on any atom is -0.383 e. The summed E-state index contributed by atoms with van der Waals surface area (Å²) in [5, 5.41) is 2.85. The van der Waals surface area contributed by atoms with Crippen molar-refractivity contribution in [3.05, 3.63) is 28.2 Å². The van der Waals surface area contributed by atoms with Crippen molar-refractivity contribution in [2.24, 2.45) is 0 Å². The maximum Gasteiger partial charge on any atom is 0.416 e. The summed E-state index contributed by atoms with van der Waals surface area (Å²) < 4.78 is 42.7. The number of halogens is 4. The molecule has 2 nitrogen and oxygen atoms in total. The van der Waals surface area contributed by atoms with Crippen LogP contribution in [0.3, 0.4) is 0 Å². The molecule has 0 heterocycles. The van der Waals surface area contributed by atoms with Gasteiger partial charge in [-0.2, -0.15) is 13.2 Å². The van der Waals surface area contributed by atoms with E-state index in [0.29, 0.717) is 23.3 Å². The van der Waals surface area contributed by atoms with Crippen molar-refractivity contribution in [1.82, 2.24) is 0 Å². The third-order valence-electron chi connectivity index (χ3n) is 1.92. The highest BCUT2D eigenvalue weighted by Crippen LogP contribution is 2.33. The van der Waals surface area contributed by atoms with Gasteiger partial charge in [0.05, 0.1) is 12.2 Å². The van der Waals surface area contributed by atoms with E-state index >= 15 is 0 Å². The van der Waals surface area contributed by atoms with E-state index < -0.39 is 11.7 Å². The van der Waals surface area contributed by atoms with E-state index in [1.807, 2.05) is 0 Å². The van der Waals surface area contributed by atoms with Crippen LogP contribution in [-0.4, -0.2) is 20.3 Å². The number of rotatable bonds is 4. The van der Waals surface area contributed by atoms with Crippen LogP contribution in [0.5, 0.6) is 0 Å². The molecule has 6 heteroatoms. The van der Waals surface area contributed by atoms with Crippen LogP contribution >= 0.6 is 15.9 Å². The van der Waals surface area contributed by atoms with Crippen molar-refractivity contribution in [3.8, 4) is 0 Å². The number of methoxy groups -OCH3 is 1. The Morgan fingerprint density at radius 1 is 1.38 bits per heavy atom. The molecule has 16 heavy (non-hydrogen) atoms. The summed E-state index contributed by atoms with van der Waals surface area (Å²) in [4.78, 5) is 0. The molecule has 0 unspecified atom stereocenters. The van der Waals surface area contributed by atoms with E-state index in [-0.39, 0.29) is 0 Å². The fraction of sp³-hybridized carbons (Fsp3) is 0.400. The molecule has 1 N–H and O–H groups in total. The van der Waals surface area contributed by atoms with Crippen LogP contribution in [0, 0.1) is 0 Å². The second-order valence-electron chi connectivity index (χ2n) is 3.11. The van der Waals surface area contributed by atoms with E-state index in [0.717, 1.165) is 12.1 Å². The van der Waals surface area contributed by atoms with E-state index in [2.05, 4.69) is 21.2 Å². The Morgan fingerprint density at radius 3 is 2.62 bits per heavy atom. The lowest BCUT2D eigenvalue weighted by atomic mass is 10.2. The van der Waals surface area contributed by atoms with Gasteiger partial charge in [-0.1, -0.05) is 0 Å². The first-order chi connectivity index (χ1) is 7.45. The molecule has 0 aliphatic heterocycles. The van der Waals surface area contributed by atoms with Gasteiger partial charge >= 0.3 is 6.18 Å². The summed E-state index contributed by atoms with van der Waals surface area (Å²) in [6, 6.07) is 3.48. The van der Waals surface area contributed by atoms with Crippen LogP contribution in [0.4, 0.5) is 18.9 Å². The van der Waals surface area contributed by atoms with Gasteiger partial charge in [0.1, 0.15) is 0 Å². The van der Waals surface area contributed by atoms with Gasteiger partial charge < -0.3 is 10.1 Å². The first-order valence-electron chi connectivity index (χ1n) is 4.54. The van der Waals surface area contributed by atoms with Crippen LogP contribution in [0.15, 0.2) is 22.7 Å². The standard InChI is InChI=1S/C10H11BrF3NO/c1-16-5-4-15-9-6-7(10(12,13)14)2-3-8(9)11/h2-3,6,15H,4-5H2,1H3. The molecular weight excluding hydrogens is 287 g/mol. The number of benzene rings is 1. The Morgan fingerprint density at radius 2 is 2.06 bits per heavy atom. The molecule has 0 fully saturated rings. The van der Waals surface area contributed by atoms with Gasteiger partial charge in [0.25, 0.3) is 0 Å². The average molecular weight is 298 g/mol. The lowest BCUT2D eigenvalue weighted by Crippen LogP contribution is -2.10. The zero-order chi connectivity index (χ0) is 12.2. The molecule has 0 aliphatic rings. The van der Waals surface area contributed by atoms with Crippen LogP contribution in [0.1, 0.15) is 5.56 Å². The highest BCUT2D eigenvalue weighted by molar-refractivity contribution is 9.10. The zero-order valence-corrected chi connectivity index (χ0v) is 10.2. The monoisotopic (exact) mass is 297 g/mol. The summed E-state index contributed by atoms with van der Waals surface area (Å²) in [5.74, 6) is 0. The quantitative estimate of drug-likeness (QED) is 0.859. The normalized spacial score (nSPS) is 11.6. The van der Waals surface area contributed by atoms with Gasteiger partial charge in [-0.3, -0.25) is 0 Å². The van der Waals surface area contributed by atoms with Gasteiger partial charge in [-0.05, 0) is 34.1 Å². The Kier molecular flexibility index (Phi) is 4.61. The Bertz CT molecular complexity index is 354. The Balaban J connectivity index is 2.83. The minimum absolute atomic E-state index is 0.409. The second kappa shape index (κ2) is 5.54. The van der Waals surface area contributed by atoms with E-state index in [9.17, 15) is 13.2 Å². The summed E-state index contributed by atoms with van der Waals surface area (Å²) in [6.07, 6.45) is -4.32. The molecule has 1 rings (SSSR count). The second-order valence-corrected chi connectivity index (χ2v) is 3.97. The van der Waals surface area contributed by atoms with Gasteiger partial charge in [0, 0.05) is 23.8 Å². The van der Waals surface area contributed by atoms with Crippen molar-refractivity contribution in [2.75, 3.05) is 25.6 Å². The van der Waals surface area contributed by atoms with Gasteiger partial charge in [0.2, 0.25) is 0 Å². The summed E-state index contributed by atoms with van der Waals surface area (Å²) >= 11 is 3.18. The Hall–Kier alpha value is -0.750. The first-order valence-corrected chi connectivity index (χ1v) is 5.34. The van der Waals surface area contributed by atoms with Crippen molar-refractivity contribution >= 4 is 21.6 Å². The van der Waals surface area contributed by atoms with Crippen LogP contribution in [0.2, 0.25) is 0 Å². The molecule has 0 amide bonds. The molecule has 0 aliphatic carbocycles. The number of hydrogen-bond acceptors (Lipinski definition) is 2. The van der Waals surface area contributed by atoms with Crippen molar-refractivity contribution in [3.63, 3.8) is 0 Å². The predicted octanol–water partition coefficient (Wildman–Crippen LogP) is 3.53. The maximum atomic E-state index is 12.4. The van der Waals surface area contributed by atoms with Crippen molar-refractivity contribution < 1.29 is 17.9 Å². The minimum atomic E-state index is -4.32. The van der Waals surface area contributed by atoms with Crippen LogP contribution in [-0.2, 0) is 10.9 Å². The van der Waals surface area contributed by atoms with Gasteiger partial charge in [-0.15, -0.1) is 0 Å². The molecule has 0 saturated carbocycles. The molecule has 1 aromatic rings. The molecule has 0 bridgehead atoms. The largest absolute Gasteiger partial charge is 0.416 e. The topological polar surface area (TPSA) is 21.3 Å². The number of alkyl halides is 3. The van der Waals surface area contributed by atoms with Crippen molar-refractivity contribution in [1.29, 1.82) is 0 Å². The highest BCUT2D eigenvalue weighted by Gasteiger charge is 2.30. The number of ether oxygens (including phenoxy) is 1. The molecule has 0 radical (unpaired) electrons. The van der Waals surface area contributed by atoms with E-state index in [1.54, 1.807) is 0 Å². The third kappa shape index (κ3) is 3.68. The summed E-state index contributed by atoms with van der Waals surface area (Å²) in [5.41, 5.74) is -0.262. The molecule has 1 aromatic carbocycles. The molecule has 0 aromatic heterocycles. The molecule has 0 spiro atoms.